The molecule has 4 heteroatoms. The van der Waals surface area contributed by atoms with Crippen molar-refractivity contribution in [3.63, 3.8) is 0 Å². The minimum atomic E-state index is -0.119. The van der Waals surface area contributed by atoms with Crippen molar-refractivity contribution in [1.29, 1.82) is 0 Å². The van der Waals surface area contributed by atoms with Gasteiger partial charge >= 0.3 is 0 Å². The van der Waals surface area contributed by atoms with Crippen LogP contribution in [-0.4, -0.2) is 24.9 Å². The van der Waals surface area contributed by atoms with E-state index in [4.69, 9.17) is 10.5 Å². The van der Waals surface area contributed by atoms with Crippen LogP contribution >= 0.6 is 0 Å². The molecule has 1 aliphatic rings. The van der Waals surface area contributed by atoms with Gasteiger partial charge in [-0.2, -0.15) is 0 Å². The van der Waals surface area contributed by atoms with Gasteiger partial charge in [0.1, 0.15) is 5.75 Å². The Labute approximate surface area is 108 Å². The van der Waals surface area contributed by atoms with Crippen LogP contribution in [0.2, 0.25) is 0 Å². The number of benzene rings is 1. The van der Waals surface area contributed by atoms with Crippen LogP contribution in [0.4, 0.5) is 11.4 Å². The van der Waals surface area contributed by atoms with E-state index in [-0.39, 0.29) is 6.10 Å². The number of anilines is 2. The molecular weight excluding hydrogens is 228 g/mol. The van der Waals surface area contributed by atoms with Crippen molar-refractivity contribution in [2.24, 2.45) is 5.92 Å². The van der Waals surface area contributed by atoms with E-state index in [1.807, 2.05) is 18.2 Å². The molecule has 0 radical (unpaired) electrons. The van der Waals surface area contributed by atoms with Gasteiger partial charge in [0.2, 0.25) is 0 Å². The summed E-state index contributed by atoms with van der Waals surface area (Å²) in [6.07, 6.45) is 4.05. The Morgan fingerprint density at radius 3 is 3.00 bits per heavy atom. The number of methoxy groups -OCH3 is 1. The maximum Gasteiger partial charge on any atom is 0.143 e. The average Bonchev–Trinajstić information content (AvgIpc) is 2.38. The highest BCUT2D eigenvalue weighted by atomic mass is 16.5. The molecule has 18 heavy (non-hydrogen) atoms. The van der Waals surface area contributed by atoms with Gasteiger partial charge in [-0.05, 0) is 37.3 Å². The Bertz CT molecular complexity index is 395. The number of nitrogen functional groups attached to an aromatic ring is 1. The molecule has 0 spiro atoms. The van der Waals surface area contributed by atoms with Crippen LogP contribution in [0, 0.1) is 5.92 Å². The molecule has 4 nitrogen and oxygen atoms in total. The minimum Gasteiger partial charge on any atom is -0.495 e. The van der Waals surface area contributed by atoms with E-state index < -0.39 is 0 Å². The fourth-order valence-corrected chi connectivity index (χ4v) is 2.53. The summed E-state index contributed by atoms with van der Waals surface area (Å²) >= 11 is 0. The Hall–Kier alpha value is -1.42. The number of hydrogen-bond acceptors (Lipinski definition) is 4. The van der Waals surface area contributed by atoms with E-state index in [9.17, 15) is 5.11 Å². The predicted octanol–water partition coefficient (Wildman–Crippen LogP) is 2.24. The fraction of sp³-hybridized carbons (Fsp3) is 0.571. The zero-order valence-corrected chi connectivity index (χ0v) is 10.9. The third-order valence-corrected chi connectivity index (χ3v) is 3.58. The predicted molar refractivity (Wildman–Crippen MR) is 73.9 cm³/mol. The SMILES string of the molecule is COc1cc(NCC2CCCC(O)C2)ccc1N. The summed E-state index contributed by atoms with van der Waals surface area (Å²) in [5.41, 5.74) is 7.44. The molecule has 1 aliphatic carbocycles. The molecule has 2 rings (SSSR count). The molecule has 1 aromatic rings. The van der Waals surface area contributed by atoms with Gasteiger partial charge in [-0.25, -0.2) is 0 Å². The number of nitrogens with one attached hydrogen (secondary N) is 1. The van der Waals surface area contributed by atoms with E-state index in [1.54, 1.807) is 7.11 Å². The second-order valence-electron chi connectivity index (χ2n) is 5.02. The maximum atomic E-state index is 9.63. The zero-order valence-electron chi connectivity index (χ0n) is 10.9. The summed E-state index contributed by atoms with van der Waals surface area (Å²) in [4.78, 5) is 0. The molecule has 100 valence electrons. The molecule has 1 fully saturated rings. The highest BCUT2D eigenvalue weighted by Gasteiger charge is 2.19. The molecule has 0 amide bonds. The molecule has 0 aromatic heterocycles. The van der Waals surface area contributed by atoms with Crippen molar-refractivity contribution in [2.45, 2.75) is 31.8 Å². The van der Waals surface area contributed by atoms with Gasteiger partial charge in [0.25, 0.3) is 0 Å². The first-order chi connectivity index (χ1) is 8.69. The Kier molecular flexibility index (Phi) is 4.31. The van der Waals surface area contributed by atoms with Crippen molar-refractivity contribution in [2.75, 3.05) is 24.7 Å². The van der Waals surface area contributed by atoms with E-state index in [2.05, 4.69) is 5.32 Å². The maximum absolute atomic E-state index is 9.63. The molecule has 0 saturated heterocycles. The monoisotopic (exact) mass is 250 g/mol. The third kappa shape index (κ3) is 3.29. The van der Waals surface area contributed by atoms with Crippen LogP contribution in [0.1, 0.15) is 25.7 Å². The summed E-state index contributed by atoms with van der Waals surface area (Å²) in [7, 11) is 1.62. The number of rotatable bonds is 4. The first-order valence-corrected chi connectivity index (χ1v) is 6.54. The normalized spacial score (nSPS) is 23.7. The van der Waals surface area contributed by atoms with Crippen molar-refractivity contribution >= 4 is 11.4 Å². The van der Waals surface area contributed by atoms with E-state index in [0.29, 0.717) is 17.4 Å². The van der Waals surface area contributed by atoms with Gasteiger partial charge in [0.05, 0.1) is 18.9 Å². The molecule has 2 atom stereocenters. The molecule has 1 aromatic carbocycles. The fourth-order valence-electron chi connectivity index (χ4n) is 2.53. The van der Waals surface area contributed by atoms with Gasteiger partial charge < -0.3 is 20.9 Å². The highest BCUT2D eigenvalue weighted by molar-refractivity contribution is 5.61. The van der Waals surface area contributed by atoms with Crippen LogP contribution in [-0.2, 0) is 0 Å². The highest BCUT2D eigenvalue weighted by Crippen LogP contribution is 2.27. The number of nitrogens with two attached hydrogens (primary N) is 1. The number of aliphatic hydroxyl groups excluding tert-OH is 1. The van der Waals surface area contributed by atoms with Crippen molar-refractivity contribution in [1.82, 2.24) is 0 Å². The lowest BCUT2D eigenvalue weighted by Crippen LogP contribution is -2.24. The Morgan fingerprint density at radius 2 is 2.28 bits per heavy atom. The summed E-state index contributed by atoms with van der Waals surface area (Å²) < 4.78 is 5.19. The number of ether oxygens (including phenoxy) is 1. The lowest BCUT2D eigenvalue weighted by Gasteiger charge is -2.26. The van der Waals surface area contributed by atoms with E-state index in [1.165, 1.54) is 6.42 Å². The molecular formula is C14H22N2O2. The Morgan fingerprint density at radius 1 is 1.44 bits per heavy atom. The molecule has 0 aliphatic heterocycles. The lowest BCUT2D eigenvalue weighted by atomic mass is 9.87. The molecule has 2 unspecified atom stereocenters. The third-order valence-electron chi connectivity index (χ3n) is 3.58. The first-order valence-electron chi connectivity index (χ1n) is 6.54. The minimum absolute atomic E-state index is 0.119. The van der Waals surface area contributed by atoms with Gasteiger partial charge in [-0.3, -0.25) is 0 Å². The number of hydrogen-bond donors (Lipinski definition) is 3. The summed E-state index contributed by atoms with van der Waals surface area (Å²) in [5.74, 6) is 1.25. The number of aliphatic hydroxyl groups is 1. The van der Waals surface area contributed by atoms with E-state index >= 15 is 0 Å². The topological polar surface area (TPSA) is 67.5 Å². The van der Waals surface area contributed by atoms with Crippen LogP contribution in [0.25, 0.3) is 0 Å². The molecule has 1 saturated carbocycles. The summed E-state index contributed by atoms with van der Waals surface area (Å²) in [6, 6.07) is 5.71. The smallest absolute Gasteiger partial charge is 0.143 e. The van der Waals surface area contributed by atoms with Crippen LogP contribution < -0.4 is 15.8 Å². The van der Waals surface area contributed by atoms with Crippen molar-refractivity contribution in [3.05, 3.63) is 18.2 Å². The van der Waals surface area contributed by atoms with Crippen molar-refractivity contribution < 1.29 is 9.84 Å². The second kappa shape index (κ2) is 5.96. The molecule has 4 N–H and O–H groups in total. The Balaban J connectivity index is 1.89. The van der Waals surface area contributed by atoms with Gasteiger partial charge in [-0.15, -0.1) is 0 Å². The zero-order chi connectivity index (χ0) is 13.0. The second-order valence-corrected chi connectivity index (χ2v) is 5.02. The van der Waals surface area contributed by atoms with Crippen molar-refractivity contribution in [3.8, 4) is 5.75 Å². The van der Waals surface area contributed by atoms with Gasteiger partial charge in [0, 0.05) is 18.3 Å². The summed E-state index contributed by atoms with van der Waals surface area (Å²) in [5, 5.41) is 13.0. The average molecular weight is 250 g/mol. The first kappa shape index (κ1) is 13.0. The molecule has 0 bridgehead atoms. The van der Waals surface area contributed by atoms with Crippen LogP contribution in [0.15, 0.2) is 18.2 Å². The van der Waals surface area contributed by atoms with Crippen LogP contribution in [0.5, 0.6) is 5.75 Å². The van der Waals surface area contributed by atoms with E-state index in [0.717, 1.165) is 31.5 Å². The standard InChI is InChI=1S/C14H22N2O2/c1-18-14-8-11(5-6-13(14)15)16-9-10-3-2-4-12(17)7-10/h5-6,8,10,12,16-17H,2-4,7,9,15H2,1H3. The van der Waals surface area contributed by atoms with Gasteiger partial charge in [0.15, 0.2) is 0 Å². The van der Waals surface area contributed by atoms with Gasteiger partial charge in [-0.1, -0.05) is 6.42 Å². The summed E-state index contributed by atoms with van der Waals surface area (Å²) in [6.45, 7) is 0.893. The lowest BCUT2D eigenvalue weighted by molar-refractivity contribution is 0.105. The molecule has 0 heterocycles. The largest absolute Gasteiger partial charge is 0.495 e. The van der Waals surface area contributed by atoms with Crippen LogP contribution in [0.3, 0.4) is 0 Å². The quantitative estimate of drug-likeness (QED) is 0.717.